The van der Waals surface area contributed by atoms with Crippen molar-refractivity contribution in [3.63, 3.8) is 0 Å². The molecule has 0 saturated heterocycles. The summed E-state index contributed by atoms with van der Waals surface area (Å²) in [5.41, 5.74) is 13.2. The number of rotatable bonds is 10. The van der Waals surface area contributed by atoms with Crippen LogP contribution in [0.25, 0.3) is 0 Å². The van der Waals surface area contributed by atoms with Gasteiger partial charge in [0.2, 0.25) is 0 Å². The van der Waals surface area contributed by atoms with Crippen LogP contribution in [0.4, 0.5) is 0 Å². The van der Waals surface area contributed by atoms with Crippen LogP contribution in [-0.2, 0) is 28.9 Å². The molecule has 0 aromatic rings. The summed E-state index contributed by atoms with van der Waals surface area (Å²) in [5.74, 6) is 3.99. The third-order valence-corrected chi connectivity index (χ3v) is 20.8. The molecular formula is C46H68N4O6S2. The minimum absolute atomic E-state index is 0.0277. The number of carbonyl (C=O) groups is 4. The number of ketones is 2. The highest BCUT2D eigenvalue weighted by molar-refractivity contribution is 8.00. The van der Waals surface area contributed by atoms with E-state index < -0.39 is 11.9 Å². The summed E-state index contributed by atoms with van der Waals surface area (Å²) in [7, 11) is 0. The fourth-order valence-corrected chi connectivity index (χ4v) is 17.1. The quantitative estimate of drug-likeness (QED) is 0.126. The molecule has 4 unspecified atom stereocenters. The molecule has 8 rings (SSSR count). The number of hydrogen-bond acceptors (Lipinski definition) is 12. The Kier molecular flexibility index (Phi) is 12.3. The molecule has 58 heavy (non-hydrogen) atoms. The Morgan fingerprint density at radius 2 is 1.05 bits per heavy atom. The predicted molar refractivity (Wildman–Crippen MR) is 231 cm³/mol. The Morgan fingerprint density at radius 3 is 1.45 bits per heavy atom. The summed E-state index contributed by atoms with van der Waals surface area (Å²) < 4.78 is 0. The summed E-state index contributed by atoms with van der Waals surface area (Å²) in [6.07, 6.45) is 17.3. The number of Topliss-reactive ketones (excluding diaryl/α,β-unsaturated/α-hetero) is 2. The number of nitrogens with two attached hydrogens (primary N) is 2. The van der Waals surface area contributed by atoms with E-state index in [0.717, 1.165) is 125 Å². The van der Waals surface area contributed by atoms with Gasteiger partial charge in [0.15, 0.2) is 0 Å². The van der Waals surface area contributed by atoms with Crippen LogP contribution in [0.3, 0.4) is 0 Å². The Bertz CT molecular complexity index is 1610. The first-order valence-corrected chi connectivity index (χ1v) is 24.8. The average Bonchev–Trinajstić information content (AvgIpc) is 3.69. The summed E-state index contributed by atoms with van der Waals surface area (Å²) in [5, 5.41) is 10.2. The van der Waals surface area contributed by atoms with E-state index in [-0.39, 0.29) is 33.5 Å². The highest BCUT2D eigenvalue weighted by atomic mass is 32.2. The van der Waals surface area contributed by atoms with Gasteiger partial charge in [-0.25, -0.2) is 9.59 Å². The van der Waals surface area contributed by atoms with Gasteiger partial charge in [-0.15, -0.1) is 0 Å². The highest BCUT2D eigenvalue weighted by Gasteiger charge is 2.63. The molecule has 4 N–H and O–H groups in total. The number of oxime groups is 2. The van der Waals surface area contributed by atoms with Gasteiger partial charge in [0.1, 0.15) is 11.6 Å². The zero-order chi connectivity index (χ0) is 41.0. The van der Waals surface area contributed by atoms with Crippen molar-refractivity contribution in [3.8, 4) is 0 Å². The number of fused-ring (bicyclic) bond motifs is 10. The van der Waals surface area contributed by atoms with Gasteiger partial charge in [0.25, 0.3) is 0 Å². The number of thioether (sulfide) groups is 2. The van der Waals surface area contributed by atoms with Crippen molar-refractivity contribution in [2.24, 2.45) is 90.8 Å². The fraction of sp³-hybridized carbons (Fsp3) is 0.826. The van der Waals surface area contributed by atoms with E-state index in [9.17, 15) is 19.2 Å². The van der Waals surface area contributed by atoms with Crippen molar-refractivity contribution >= 4 is 58.5 Å². The molecule has 10 nitrogen and oxygen atoms in total. The molecule has 320 valence electrons. The van der Waals surface area contributed by atoms with Gasteiger partial charge in [-0.1, -0.05) is 38.0 Å². The lowest BCUT2D eigenvalue weighted by Crippen LogP contribution is -2.57. The molecule has 0 aromatic heterocycles. The van der Waals surface area contributed by atoms with Crippen LogP contribution in [0, 0.1) is 69.0 Å². The molecule has 0 amide bonds. The Balaban J connectivity index is 0.974. The topological polar surface area (TPSA) is 164 Å². The lowest BCUT2D eigenvalue weighted by Gasteiger charge is -2.60. The lowest BCUT2D eigenvalue weighted by molar-refractivity contribution is -0.141. The molecule has 8 aliphatic rings. The summed E-state index contributed by atoms with van der Waals surface area (Å²) in [4.78, 5) is 63.9. The average molecular weight is 837 g/mol. The van der Waals surface area contributed by atoms with E-state index in [0.29, 0.717) is 83.5 Å². The summed E-state index contributed by atoms with van der Waals surface area (Å²) in [6.45, 7) is 10.5. The van der Waals surface area contributed by atoms with Gasteiger partial charge in [0, 0.05) is 82.8 Å². The highest BCUT2D eigenvalue weighted by Crippen LogP contribution is 2.67. The molecule has 0 aliphatic heterocycles. The monoisotopic (exact) mass is 836 g/mol. The van der Waals surface area contributed by atoms with Gasteiger partial charge in [-0.3, -0.25) is 9.59 Å². The second-order valence-corrected chi connectivity index (χ2v) is 23.4. The van der Waals surface area contributed by atoms with Gasteiger partial charge in [0.05, 0.1) is 11.4 Å². The zero-order valence-corrected chi connectivity index (χ0v) is 37.0. The van der Waals surface area contributed by atoms with Crippen molar-refractivity contribution < 1.29 is 28.9 Å². The van der Waals surface area contributed by atoms with Crippen molar-refractivity contribution in [2.45, 2.75) is 141 Å². The third-order valence-electron chi connectivity index (χ3n) is 18.1. The Morgan fingerprint density at radius 1 is 0.638 bits per heavy atom. The fourth-order valence-electron chi connectivity index (χ4n) is 15.0. The molecule has 0 heterocycles. The smallest absolute Gasteiger partial charge is 0.330 e. The molecule has 8 saturated carbocycles. The van der Waals surface area contributed by atoms with Crippen molar-refractivity contribution in [2.75, 3.05) is 24.6 Å². The largest absolute Gasteiger partial charge is 0.358 e. The minimum Gasteiger partial charge on any atom is -0.330 e. The molecule has 14 atom stereocenters. The van der Waals surface area contributed by atoms with E-state index in [1.54, 1.807) is 0 Å². The minimum atomic E-state index is -0.720. The summed E-state index contributed by atoms with van der Waals surface area (Å²) >= 11 is 3.88. The molecule has 8 fully saturated rings. The van der Waals surface area contributed by atoms with E-state index in [1.807, 2.05) is 23.5 Å². The molecule has 8 aliphatic carbocycles. The SMILES string of the molecule is C[C@]12CCC(SCCN)CC1/C(=N\OC(=O)/C=C/C(=O)O/N=C1/C[C@@H]3[C@@H](CC[C@]4(C)C(=O)CC[C@@H]34)[C@@]3(C)CCC(SCCN)CC13)C[C@@H]1[C@H]2CC[C@]2(C)C(=O)CC[C@@H]12. The maximum atomic E-state index is 13.2. The zero-order valence-electron chi connectivity index (χ0n) is 35.4. The van der Waals surface area contributed by atoms with Crippen LogP contribution >= 0.6 is 23.5 Å². The van der Waals surface area contributed by atoms with Crippen LogP contribution in [0.5, 0.6) is 0 Å². The van der Waals surface area contributed by atoms with Gasteiger partial charge in [-0.2, -0.15) is 23.5 Å². The van der Waals surface area contributed by atoms with E-state index in [1.165, 1.54) is 0 Å². The number of nitrogens with zero attached hydrogens (tertiary/aromatic N) is 2. The van der Waals surface area contributed by atoms with Crippen LogP contribution in [0.2, 0.25) is 0 Å². The second-order valence-electron chi connectivity index (χ2n) is 20.5. The van der Waals surface area contributed by atoms with Gasteiger partial charge < -0.3 is 21.1 Å². The van der Waals surface area contributed by atoms with Gasteiger partial charge in [-0.05, 0) is 136 Å². The normalized spacial score (nSPS) is 45.9. The standard InChI is InChI=1S/C46H68N4O6S2/c1-43-15-11-27(57-21-19-47)23-35(43)37(25-29-31-5-7-39(51)45(31,3)17-13-33(29)43)49-55-41(53)9-10-42(54)56-50-38-26-30-32-6-8-40(52)46(32,4)18-14-34(30)44(2)16-12-28(24-36(38)44)58-22-20-48/h9-10,27-36H,5-8,11-26,47-48H2,1-4H3/b10-9+,49-37-,50-38-/t27?,28?,29-,30-,31-,32-,33+,34+,35?,36?,43+,44+,45-,46-/m0/s1. The second kappa shape index (κ2) is 16.7. The Hall–Kier alpha value is -2.02. The van der Waals surface area contributed by atoms with E-state index >= 15 is 0 Å². The molecule has 12 heteroatoms. The van der Waals surface area contributed by atoms with Crippen LogP contribution < -0.4 is 11.5 Å². The third kappa shape index (κ3) is 7.41. The molecule has 0 spiro atoms. The van der Waals surface area contributed by atoms with Gasteiger partial charge >= 0.3 is 11.9 Å². The molecule has 0 radical (unpaired) electrons. The first-order valence-electron chi connectivity index (χ1n) is 22.7. The number of hydrogen-bond donors (Lipinski definition) is 2. The van der Waals surface area contributed by atoms with E-state index in [4.69, 9.17) is 21.1 Å². The van der Waals surface area contributed by atoms with Crippen molar-refractivity contribution in [3.05, 3.63) is 12.2 Å². The maximum Gasteiger partial charge on any atom is 0.358 e. The van der Waals surface area contributed by atoms with Crippen LogP contribution in [0.15, 0.2) is 22.5 Å². The first-order chi connectivity index (χ1) is 27.7. The van der Waals surface area contributed by atoms with Crippen LogP contribution in [0.1, 0.15) is 130 Å². The maximum absolute atomic E-state index is 13.2. The van der Waals surface area contributed by atoms with Crippen molar-refractivity contribution in [1.29, 1.82) is 0 Å². The van der Waals surface area contributed by atoms with E-state index in [2.05, 4.69) is 38.0 Å². The molecule has 0 aromatic carbocycles. The lowest BCUT2D eigenvalue weighted by atomic mass is 9.45. The first kappa shape index (κ1) is 42.7. The van der Waals surface area contributed by atoms with Crippen LogP contribution in [-0.4, -0.2) is 70.0 Å². The number of carbonyl (C=O) groups excluding carboxylic acids is 4. The molecular weight excluding hydrogens is 769 g/mol. The summed E-state index contributed by atoms with van der Waals surface area (Å²) in [6, 6.07) is 0. The predicted octanol–water partition coefficient (Wildman–Crippen LogP) is 7.91. The van der Waals surface area contributed by atoms with Crippen molar-refractivity contribution in [1.82, 2.24) is 0 Å². The molecule has 0 bridgehead atoms. The Labute approximate surface area is 354 Å².